The summed E-state index contributed by atoms with van der Waals surface area (Å²) in [6, 6.07) is 11.2. The lowest BCUT2D eigenvalue weighted by Gasteiger charge is -2.06. The first-order chi connectivity index (χ1) is 11.6. The maximum atomic E-state index is 12.1. The molecule has 3 aromatic rings. The average molecular weight is 325 g/mol. The van der Waals surface area contributed by atoms with Crippen molar-refractivity contribution >= 4 is 17.0 Å². The zero-order chi connectivity index (χ0) is 16.9. The van der Waals surface area contributed by atoms with E-state index in [4.69, 9.17) is 4.42 Å². The average Bonchev–Trinajstić information content (AvgIpc) is 2.88. The number of carbonyl (C=O) groups excluding carboxylic acids is 1. The summed E-state index contributed by atoms with van der Waals surface area (Å²) in [5.74, 6) is -0.721. The molecule has 24 heavy (non-hydrogen) atoms. The van der Waals surface area contributed by atoms with Crippen molar-refractivity contribution in [2.24, 2.45) is 0 Å². The lowest BCUT2D eigenvalue weighted by Crippen LogP contribution is -2.31. The Balaban J connectivity index is 1.56. The second-order valence-electron chi connectivity index (χ2n) is 5.70. The van der Waals surface area contributed by atoms with Crippen LogP contribution in [0.25, 0.3) is 11.1 Å². The molecule has 1 aromatic carbocycles. The lowest BCUT2D eigenvalue weighted by molar-refractivity contribution is -0.121. The molecular weight excluding hydrogens is 306 g/mol. The quantitative estimate of drug-likeness (QED) is 0.704. The third kappa shape index (κ3) is 3.71. The first kappa shape index (κ1) is 16.0. The van der Waals surface area contributed by atoms with Crippen molar-refractivity contribution in [2.45, 2.75) is 26.3 Å². The SMILES string of the molecule is Cc1ccc2oc(=O)n(CC(=O)NCCCc3ccccn3)c2c1. The van der Waals surface area contributed by atoms with Crippen molar-refractivity contribution in [3.05, 3.63) is 64.4 Å². The van der Waals surface area contributed by atoms with E-state index in [9.17, 15) is 9.59 Å². The van der Waals surface area contributed by atoms with Gasteiger partial charge in [0.15, 0.2) is 5.58 Å². The van der Waals surface area contributed by atoms with Gasteiger partial charge in [-0.1, -0.05) is 12.1 Å². The maximum absolute atomic E-state index is 12.1. The predicted octanol–water partition coefficient (Wildman–Crippen LogP) is 2.05. The molecule has 0 bridgehead atoms. The Morgan fingerprint density at radius 3 is 2.96 bits per heavy atom. The molecule has 2 aromatic heterocycles. The Kier molecular flexibility index (Phi) is 4.74. The first-order valence-corrected chi connectivity index (χ1v) is 7.90. The summed E-state index contributed by atoms with van der Waals surface area (Å²) in [5.41, 5.74) is 3.14. The van der Waals surface area contributed by atoms with Crippen molar-refractivity contribution in [1.29, 1.82) is 0 Å². The van der Waals surface area contributed by atoms with Crippen LogP contribution in [0.15, 0.2) is 51.8 Å². The Bertz CT molecular complexity index is 897. The van der Waals surface area contributed by atoms with E-state index in [1.54, 1.807) is 12.3 Å². The smallest absolute Gasteiger partial charge is 0.408 e. The fourth-order valence-corrected chi connectivity index (χ4v) is 2.56. The zero-order valence-corrected chi connectivity index (χ0v) is 13.5. The van der Waals surface area contributed by atoms with Gasteiger partial charge in [0.25, 0.3) is 0 Å². The van der Waals surface area contributed by atoms with E-state index in [1.165, 1.54) is 4.57 Å². The van der Waals surface area contributed by atoms with Crippen LogP contribution < -0.4 is 11.1 Å². The van der Waals surface area contributed by atoms with Crippen LogP contribution in [0.5, 0.6) is 0 Å². The Morgan fingerprint density at radius 2 is 2.17 bits per heavy atom. The Hall–Kier alpha value is -2.89. The minimum atomic E-state index is -0.515. The van der Waals surface area contributed by atoms with Crippen molar-refractivity contribution in [3.63, 3.8) is 0 Å². The summed E-state index contributed by atoms with van der Waals surface area (Å²) in [6.45, 7) is 2.43. The molecule has 0 saturated heterocycles. The van der Waals surface area contributed by atoms with Crippen LogP contribution in [-0.4, -0.2) is 22.0 Å². The number of aryl methyl sites for hydroxylation is 2. The number of rotatable bonds is 6. The molecule has 1 N–H and O–H groups in total. The number of amides is 1. The van der Waals surface area contributed by atoms with E-state index in [-0.39, 0.29) is 12.5 Å². The van der Waals surface area contributed by atoms with Gasteiger partial charge in [-0.25, -0.2) is 4.79 Å². The molecule has 6 heteroatoms. The third-order valence-electron chi connectivity index (χ3n) is 3.78. The molecule has 0 atom stereocenters. The molecule has 124 valence electrons. The van der Waals surface area contributed by atoms with Gasteiger partial charge in [0.2, 0.25) is 5.91 Å². The fraction of sp³-hybridized carbons (Fsp3) is 0.278. The molecule has 0 unspecified atom stereocenters. The molecular formula is C18H19N3O3. The summed E-state index contributed by atoms with van der Waals surface area (Å²) in [6.07, 6.45) is 3.35. The number of hydrogen-bond acceptors (Lipinski definition) is 4. The van der Waals surface area contributed by atoms with Gasteiger partial charge >= 0.3 is 5.76 Å². The van der Waals surface area contributed by atoms with Gasteiger partial charge in [0.05, 0.1) is 5.52 Å². The molecule has 0 aliphatic rings. The van der Waals surface area contributed by atoms with Crippen molar-refractivity contribution in [1.82, 2.24) is 14.9 Å². The van der Waals surface area contributed by atoms with Gasteiger partial charge in [0, 0.05) is 18.4 Å². The van der Waals surface area contributed by atoms with Crippen molar-refractivity contribution < 1.29 is 9.21 Å². The Morgan fingerprint density at radius 1 is 1.29 bits per heavy atom. The van der Waals surface area contributed by atoms with Crippen LogP contribution >= 0.6 is 0 Å². The number of pyridine rings is 1. The van der Waals surface area contributed by atoms with Crippen molar-refractivity contribution in [3.8, 4) is 0 Å². The number of nitrogens with zero attached hydrogens (tertiary/aromatic N) is 2. The third-order valence-corrected chi connectivity index (χ3v) is 3.78. The van der Waals surface area contributed by atoms with E-state index < -0.39 is 5.76 Å². The lowest BCUT2D eigenvalue weighted by atomic mass is 10.2. The maximum Gasteiger partial charge on any atom is 0.420 e. The molecule has 2 heterocycles. The summed E-state index contributed by atoms with van der Waals surface area (Å²) >= 11 is 0. The highest BCUT2D eigenvalue weighted by molar-refractivity contribution is 5.79. The van der Waals surface area contributed by atoms with Crippen LogP contribution in [-0.2, 0) is 17.8 Å². The number of aromatic nitrogens is 2. The zero-order valence-electron chi connectivity index (χ0n) is 13.5. The monoisotopic (exact) mass is 325 g/mol. The summed E-state index contributed by atoms with van der Waals surface area (Å²) < 4.78 is 6.52. The van der Waals surface area contributed by atoms with Crippen molar-refractivity contribution in [2.75, 3.05) is 6.54 Å². The number of fused-ring (bicyclic) bond motifs is 1. The molecule has 1 amide bonds. The fourth-order valence-electron chi connectivity index (χ4n) is 2.56. The second kappa shape index (κ2) is 7.12. The summed E-state index contributed by atoms with van der Waals surface area (Å²) in [7, 11) is 0. The topological polar surface area (TPSA) is 77.1 Å². The highest BCUT2D eigenvalue weighted by Crippen LogP contribution is 2.14. The van der Waals surface area contributed by atoms with Crippen LogP contribution in [0.4, 0.5) is 0 Å². The van der Waals surface area contributed by atoms with Gasteiger partial charge in [-0.05, 0) is 49.6 Å². The van der Waals surface area contributed by atoms with Crippen LogP contribution in [0, 0.1) is 6.92 Å². The van der Waals surface area contributed by atoms with Gasteiger partial charge in [-0.2, -0.15) is 0 Å². The van der Waals surface area contributed by atoms with E-state index in [2.05, 4.69) is 10.3 Å². The first-order valence-electron chi connectivity index (χ1n) is 7.90. The number of carbonyl (C=O) groups is 1. The van der Waals surface area contributed by atoms with E-state index in [1.807, 2.05) is 37.3 Å². The molecule has 0 saturated carbocycles. The highest BCUT2D eigenvalue weighted by Gasteiger charge is 2.12. The van der Waals surface area contributed by atoms with Gasteiger partial charge < -0.3 is 9.73 Å². The minimum Gasteiger partial charge on any atom is -0.408 e. The second-order valence-corrected chi connectivity index (χ2v) is 5.70. The molecule has 0 radical (unpaired) electrons. The number of benzene rings is 1. The van der Waals surface area contributed by atoms with E-state index in [0.717, 1.165) is 24.1 Å². The Labute approximate surface area is 139 Å². The van der Waals surface area contributed by atoms with Gasteiger partial charge in [0.1, 0.15) is 6.54 Å². The molecule has 6 nitrogen and oxygen atoms in total. The standard InChI is InChI=1S/C18H19N3O3/c1-13-7-8-16-15(11-13)21(18(23)24-16)12-17(22)20-10-4-6-14-5-2-3-9-19-14/h2-3,5,7-9,11H,4,6,10,12H2,1H3,(H,20,22). The largest absolute Gasteiger partial charge is 0.420 e. The molecule has 0 spiro atoms. The summed E-state index contributed by atoms with van der Waals surface area (Å²) in [5, 5.41) is 2.83. The van der Waals surface area contributed by atoms with Crippen LogP contribution in [0.2, 0.25) is 0 Å². The normalized spacial score (nSPS) is 10.9. The number of nitrogens with one attached hydrogen (secondary N) is 1. The number of oxazole rings is 1. The highest BCUT2D eigenvalue weighted by atomic mass is 16.4. The number of hydrogen-bond donors (Lipinski definition) is 1. The molecule has 3 rings (SSSR count). The minimum absolute atomic E-state index is 0.0428. The molecule has 0 aliphatic carbocycles. The van der Waals surface area contributed by atoms with Crippen LogP contribution in [0.3, 0.4) is 0 Å². The summed E-state index contributed by atoms with van der Waals surface area (Å²) in [4.78, 5) is 28.2. The van der Waals surface area contributed by atoms with Gasteiger partial charge in [-0.3, -0.25) is 14.3 Å². The van der Waals surface area contributed by atoms with Gasteiger partial charge in [-0.15, -0.1) is 0 Å². The molecule has 0 fully saturated rings. The van der Waals surface area contributed by atoms with E-state index in [0.29, 0.717) is 17.6 Å². The molecule has 0 aliphatic heterocycles. The predicted molar refractivity (Wildman–Crippen MR) is 90.8 cm³/mol. The van der Waals surface area contributed by atoms with Crippen LogP contribution in [0.1, 0.15) is 17.7 Å². The van der Waals surface area contributed by atoms with E-state index >= 15 is 0 Å².